The number of benzene rings is 1. The second kappa shape index (κ2) is 5.35. The first kappa shape index (κ1) is 13.9. The molecule has 2 fully saturated rings. The highest BCUT2D eigenvalue weighted by Crippen LogP contribution is 2.28. The van der Waals surface area contributed by atoms with Crippen molar-refractivity contribution in [3.63, 3.8) is 0 Å². The zero-order valence-electron chi connectivity index (χ0n) is 11.5. The maximum atomic E-state index is 12.3. The third kappa shape index (κ3) is 2.97. The molecule has 2 atom stereocenters. The van der Waals surface area contributed by atoms with E-state index in [1.807, 2.05) is 0 Å². The molecule has 0 spiro atoms. The molecule has 2 saturated heterocycles. The van der Waals surface area contributed by atoms with Crippen molar-refractivity contribution in [2.45, 2.75) is 37.1 Å². The second-order valence-electron chi connectivity index (χ2n) is 5.76. The number of hydrogen-bond acceptors (Lipinski definition) is 4. The van der Waals surface area contributed by atoms with Crippen LogP contribution in [-0.2, 0) is 15.8 Å². The minimum Gasteiger partial charge on any atom is -0.399 e. The average Bonchev–Trinajstić information content (AvgIpc) is 2.97. The van der Waals surface area contributed by atoms with Crippen LogP contribution in [0.15, 0.2) is 24.3 Å². The van der Waals surface area contributed by atoms with Crippen LogP contribution < -0.4 is 10.5 Å². The molecule has 0 saturated carbocycles. The van der Waals surface area contributed by atoms with E-state index in [2.05, 4.69) is 9.62 Å². The Kier molecular flexibility index (Phi) is 3.70. The van der Waals surface area contributed by atoms with Gasteiger partial charge in [-0.1, -0.05) is 12.1 Å². The van der Waals surface area contributed by atoms with Gasteiger partial charge >= 0.3 is 0 Å². The minimum absolute atomic E-state index is 0.0243. The lowest BCUT2D eigenvalue weighted by atomic mass is 10.1. The molecule has 1 aromatic carbocycles. The Morgan fingerprint density at radius 1 is 1.20 bits per heavy atom. The van der Waals surface area contributed by atoms with Gasteiger partial charge in [0.2, 0.25) is 10.0 Å². The van der Waals surface area contributed by atoms with Crippen LogP contribution in [0.3, 0.4) is 0 Å². The highest BCUT2D eigenvalue weighted by molar-refractivity contribution is 7.88. The minimum atomic E-state index is -3.29. The molecular formula is C14H21N3O2S. The summed E-state index contributed by atoms with van der Waals surface area (Å²) in [4.78, 5) is 2.40. The van der Waals surface area contributed by atoms with Crippen molar-refractivity contribution < 1.29 is 8.42 Å². The van der Waals surface area contributed by atoms with E-state index < -0.39 is 10.0 Å². The Bertz CT molecular complexity index is 571. The number of nitrogens with two attached hydrogens (primary N) is 1. The molecule has 6 heteroatoms. The molecule has 2 unspecified atom stereocenters. The molecule has 1 aromatic rings. The molecule has 3 N–H and O–H groups in total. The van der Waals surface area contributed by atoms with Gasteiger partial charge in [0.1, 0.15) is 0 Å². The summed E-state index contributed by atoms with van der Waals surface area (Å²) in [6, 6.07) is 7.49. The van der Waals surface area contributed by atoms with Gasteiger partial charge < -0.3 is 5.73 Å². The summed E-state index contributed by atoms with van der Waals surface area (Å²) in [6.07, 6.45) is 3.21. The van der Waals surface area contributed by atoms with E-state index in [1.54, 1.807) is 24.3 Å². The predicted molar refractivity (Wildman–Crippen MR) is 79.6 cm³/mol. The SMILES string of the molecule is Nc1ccc(CS(=O)(=O)NC2CCN3CCCC23)cc1. The van der Waals surface area contributed by atoms with E-state index in [0.29, 0.717) is 11.7 Å². The lowest BCUT2D eigenvalue weighted by Gasteiger charge is -2.21. The Labute approximate surface area is 120 Å². The molecule has 110 valence electrons. The summed E-state index contributed by atoms with van der Waals surface area (Å²) in [7, 11) is -3.29. The van der Waals surface area contributed by atoms with Crippen molar-refractivity contribution in [3.05, 3.63) is 29.8 Å². The monoisotopic (exact) mass is 295 g/mol. The Morgan fingerprint density at radius 2 is 1.95 bits per heavy atom. The summed E-state index contributed by atoms with van der Waals surface area (Å²) in [5, 5.41) is 0. The number of nitrogens with zero attached hydrogens (tertiary/aromatic N) is 1. The summed E-state index contributed by atoms with van der Waals surface area (Å²) < 4.78 is 27.4. The molecule has 0 radical (unpaired) electrons. The van der Waals surface area contributed by atoms with Crippen molar-refractivity contribution >= 4 is 15.7 Å². The summed E-state index contributed by atoms with van der Waals surface area (Å²) in [6.45, 7) is 2.13. The molecule has 2 aliphatic rings. The van der Waals surface area contributed by atoms with E-state index in [0.717, 1.165) is 31.5 Å². The fourth-order valence-corrected chi connectivity index (χ4v) is 4.78. The Morgan fingerprint density at radius 3 is 2.70 bits per heavy atom. The van der Waals surface area contributed by atoms with Crippen LogP contribution in [-0.4, -0.2) is 38.5 Å². The number of hydrogen-bond donors (Lipinski definition) is 2. The first-order valence-corrected chi connectivity index (χ1v) is 8.77. The van der Waals surface area contributed by atoms with Gasteiger partial charge in [0.15, 0.2) is 0 Å². The molecule has 0 amide bonds. The predicted octanol–water partition coefficient (Wildman–Crippen LogP) is 0.925. The van der Waals surface area contributed by atoms with Crippen LogP contribution in [0.5, 0.6) is 0 Å². The van der Waals surface area contributed by atoms with Crippen molar-refractivity contribution in [2.24, 2.45) is 0 Å². The number of nitrogen functional groups attached to an aromatic ring is 1. The van der Waals surface area contributed by atoms with Crippen LogP contribution in [0.1, 0.15) is 24.8 Å². The first-order valence-electron chi connectivity index (χ1n) is 7.12. The van der Waals surface area contributed by atoms with Crippen LogP contribution in [0, 0.1) is 0 Å². The lowest BCUT2D eigenvalue weighted by molar-refractivity contribution is 0.309. The topological polar surface area (TPSA) is 75.4 Å². The molecule has 3 rings (SSSR count). The number of fused-ring (bicyclic) bond motifs is 1. The zero-order chi connectivity index (χ0) is 14.2. The molecule has 0 aliphatic carbocycles. The van der Waals surface area contributed by atoms with Gasteiger partial charge in [-0.15, -0.1) is 0 Å². The highest BCUT2D eigenvalue weighted by atomic mass is 32.2. The fourth-order valence-electron chi connectivity index (χ4n) is 3.33. The van der Waals surface area contributed by atoms with E-state index in [4.69, 9.17) is 5.73 Å². The van der Waals surface area contributed by atoms with Crippen molar-refractivity contribution in [1.82, 2.24) is 9.62 Å². The average molecular weight is 295 g/mol. The quantitative estimate of drug-likeness (QED) is 0.810. The molecule has 2 heterocycles. The molecule has 0 aromatic heterocycles. The van der Waals surface area contributed by atoms with Crippen molar-refractivity contribution in [1.29, 1.82) is 0 Å². The summed E-state index contributed by atoms with van der Waals surface area (Å²) in [5.41, 5.74) is 7.03. The van der Waals surface area contributed by atoms with Crippen LogP contribution in [0.2, 0.25) is 0 Å². The third-order valence-electron chi connectivity index (χ3n) is 4.27. The van der Waals surface area contributed by atoms with Gasteiger partial charge in [0, 0.05) is 24.3 Å². The zero-order valence-corrected chi connectivity index (χ0v) is 12.3. The van der Waals surface area contributed by atoms with Gasteiger partial charge in [-0.05, 0) is 43.5 Å². The van der Waals surface area contributed by atoms with E-state index in [1.165, 1.54) is 6.42 Å². The standard InChI is InChI=1S/C14H21N3O2S/c15-12-5-3-11(4-6-12)10-20(18,19)16-13-7-9-17-8-1-2-14(13)17/h3-6,13-14,16H,1-2,7-10,15H2. The van der Waals surface area contributed by atoms with Gasteiger partial charge in [-0.25, -0.2) is 13.1 Å². The lowest BCUT2D eigenvalue weighted by Crippen LogP contribution is -2.42. The van der Waals surface area contributed by atoms with E-state index in [9.17, 15) is 8.42 Å². The van der Waals surface area contributed by atoms with E-state index in [-0.39, 0.29) is 11.8 Å². The first-order chi connectivity index (χ1) is 9.53. The smallest absolute Gasteiger partial charge is 0.216 e. The molecule has 5 nitrogen and oxygen atoms in total. The number of rotatable bonds is 4. The maximum absolute atomic E-state index is 12.3. The highest BCUT2D eigenvalue weighted by Gasteiger charge is 2.38. The second-order valence-corrected chi connectivity index (χ2v) is 7.51. The number of sulfonamides is 1. The fraction of sp³-hybridized carbons (Fsp3) is 0.571. The molecule has 0 bridgehead atoms. The van der Waals surface area contributed by atoms with Gasteiger partial charge in [0.05, 0.1) is 5.75 Å². The van der Waals surface area contributed by atoms with Gasteiger partial charge in [-0.3, -0.25) is 4.90 Å². The summed E-state index contributed by atoms with van der Waals surface area (Å²) in [5.74, 6) is 0.0243. The van der Waals surface area contributed by atoms with Crippen molar-refractivity contribution in [3.8, 4) is 0 Å². The van der Waals surface area contributed by atoms with Crippen molar-refractivity contribution in [2.75, 3.05) is 18.8 Å². The third-order valence-corrected chi connectivity index (χ3v) is 5.65. The van der Waals surface area contributed by atoms with Gasteiger partial charge in [-0.2, -0.15) is 0 Å². The van der Waals surface area contributed by atoms with Gasteiger partial charge in [0.25, 0.3) is 0 Å². The number of anilines is 1. The van der Waals surface area contributed by atoms with E-state index >= 15 is 0 Å². The maximum Gasteiger partial charge on any atom is 0.216 e. The van der Waals surface area contributed by atoms with Crippen LogP contribution in [0.4, 0.5) is 5.69 Å². The summed E-state index contributed by atoms with van der Waals surface area (Å²) >= 11 is 0. The number of nitrogens with one attached hydrogen (secondary N) is 1. The molecule has 20 heavy (non-hydrogen) atoms. The molecular weight excluding hydrogens is 274 g/mol. The molecule has 2 aliphatic heterocycles. The normalized spacial score (nSPS) is 26.8. The largest absolute Gasteiger partial charge is 0.399 e. The van der Waals surface area contributed by atoms with Crippen LogP contribution >= 0.6 is 0 Å². The van der Waals surface area contributed by atoms with Crippen LogP contribution in [0.25, 0.3) is 0 Å². The Balaban J connectivity index is 1.65. The Hall–Kier alpha value is -1.11.